The molecule has 0 bridgehead atoms. The van der Waals surface area contributed by atoms with Crippen LogP contribution in [0.1, 0.15) is 40.2 Å². The maximum Gasteiger partial charge on any atom is 0.313 e. The van der Waals surface area contributed by atoms with Crippen molar-refractivity contribution in [2.75, 3.05) is 0 Å². The quantitative estimate of drug-likeness (QED) is 0.446. The zero-order valence-corrected chi connectivity index (χ0v) is 15.3. The van der Waals surface area contributed by atoms with E-state index >= 15 is 0 Å². The van der Waals surface area contributed by atoms with Crippen LogP contribution in [0, 0.1) is 5.92 Å². The predicted octanol–water partition coefficient (Wildman–Crippen LogP) is 4.77. The first-order valence-electron chi connectivity index (χ1n) is 7.47. The van der Waals surface area contributed by atoms with Crippen molar-refractivity contribution in [1.82, 2.24) is 0 Å². The predicted molar refractivity (Wildman–Crippen MR) is 88.9 cm³/mol. The normalized spacial score (nSPS) is 12.6. The summed E-state index contributed by atoms with van der Waals surface area (Å²) in [5, 5.41) is 0.208. The van der Waals surface area contributed by atoms with E-state index in [1.807, 2.05) is 38.1 Å². The Bertz CT molecular complexity index is 470. The Labute approximate surface area is 129 Å². The van der Waals surface area contributed by atoms with Crippen LogP contribution in [0.15, 0.2) is 24.3 Å². The van der Waals surface area contributed by atoms with Gasteiger partial charge >= 0.3 is 5.97 Å². The van der Waals surface area contributed by atoms with Gasteiger partial charge < -0.3 is 9.16 Å². The second-order valence-electron chi connectivity index (χ2n) is 7.27. The highest BCUT2D eigenvalue weighted by atomic mass is 28.4. The molecule has 1 aromatic carbocycles. The van der Waals surface area contributed by atoms with E-state index in [2.05, 4.69) is 33.9 Å². The maximum atomic E-state index is 11.5. The number of carbonyl (C=O) groups excluding carboxylic acids is 1. The molecule has 0 saturated heterocycles. The first kappa shape index (κ1) is 17.9. The third kappa shape index (κ3) is 5.29. The molecule has 1 aromatic rings. The summed E-state index contributed by atoms with van der Waals surface area (Å²) in [6.07, 6.45) is 0. The van der Waals surface area contributed by atoms with Gasteiger partial charge in [-0.1, -0.05) is 46.8 Å². The number of rotatable bonds is 5. The molecule has 0 aliphatic heterocycles. The third-order valence-corrected chi connectivity index (χ3v) is 8.50. The van der Waals surface area contributed by atoms with Crippen molar-refractivity contribution in [2.45, 2.75) is 59.4 Å². The second-order valence-corrected chi connectivity index (χ2v) is 12.1. The number of carbonyl (C=O) groups is 1. The average Bonchev–Trinajstić information content (AvgIpc) is 2.36. The summed E-state index contributed by atoms with van der Waals surface area (Å²) in [7, 11) is -1.73. The van der Waals surface area contributed by atoms with Crippen LogP contribution in [0.2, 0.25) is 18.1 Å². The van der Waals surface area contributed by atoms with Crippen molar-refractivity contribution in [3.05, 3.63) is 29.8 Å². The Morgan fingerprint density at radius 1 is 1.14 bits per heavy atom. The first-order valence-corrected chi connectivity index (χ1v) is 10.4. The molecule has 0 atom stereocenters. The number of ether oxygens (including phenoxy) is 1. The second kappa shape index (κ2) is 6.75. The monoisotopic (exact) mass is 308 g/mol. The van der Waals surface area contributed by atoms with Crippen LogP contribution >= 0.6 is 0 Å². The number of benzene rings is 1. The Kier molecular flexibility index (Phi) is 5.76. The lowest BCUT2D eigenvalue weighted by molar-refractivity contribution is -0.137. The van der Waals surface area contributed by atoms with Crippen LogP contribution in [0.5, 0.6) is 5.75 Å². The van der Waals surface area contributed by atoms with E-state index in [0.717, 1.165) is 5.56 Å². The van der Waals surface area contributed by atoms with Gasteiger partial charge in [0.25, 0.3) is 0 Å². The van der Waals surface area contributed by atoms with Gasteiger partial charge in [-0.05, 0) is 35.8 Å². The van der Waals surface area contributed by atoms with E-state index in [1.54, 1.807) is 0 Å². The lowest BCUT2D eigenvalue weighted by atomic mass is 10.2. The molecular weight excluding hydrogens is 280 g/mol. The number of hydrogen-bond donors (Lipinski definition) is 0. The van der Waals surface area contributed by atoms with Crippen molar-refractivity contribution in [1.29, 1.82) is 0 Å². The van der Waals surface area contributed by atoms with Gasteiger partial charge in [-0.15, -0.1) is 0 Å². The molecule has 0 aliphatic rings. The average molecular weight is 308 g/mol. The lowest BCUT2D eigenvalue weighted by Gasteiger charge is -2.36. The minimum Gasteiger partial charge on any atom is -0.426 e. The Balaban J connectivity index is 2.62. The molecule has 0 aromatic heterocycles. The summed E-state index contributed by atoms with van der Waals surface area (Å²) in [5.74, 6) is 0.261. The Morgan fingerprint density at radius 3 is 2.10 bits per heavy atom. The lowest BCUT2D eigenvalue weighted by Crippen LogP contribution is -2.40. The van der Waals surface area contributed by atoms with Crippen LogP contribution in [0.3, 0.4) is 0 Å². The van der Waals surface area contributed by atoms with E-state index in [-0.39, 0.29) is 16.9 Å². The standard InChI is InChI=1S/C17H28O3Si/c1-13(2)16(18)20-15-10-8-14(9-11-15)12-19-21(6,7)17(3,4)5/h8-11,13H,12H2,1-7H3. The van der Waals surface area contributed by atoms with Gasteiger partial charge in [-0.3, -0.25) is 4.79 Å². The fraction of sp³-hybridized carbons (Fsp3) is 0.588. The molecule has 0 spiro atoms. The zero-order valence-electron chi connectivity index (χ0n) is 14.3. The SMILES string of the molecule is CC(C)C(=O)Oc1ccc(CO[Si](C)(C)C(C)(C)C)cc1. The smallest absolute Gasteiger partial charge is 0.313 e. The highest BCUT2D eigenvalue weighted by Gasteiger charge is 2.36. The maximum absolute atomic E-state index is 11.5. The topological polar surface area (TPSA) is 35.5 Å². The van der Waals surface area contributed by atoms with Crippen LogP contribution in [-0.2, 0) is 15.8 Å². The largest absolute Gasteiger partial charge is 0.426 e. The van der Waals surface area contributed by atoms with Gasteiger partial charge in [-0.2, -0.15) is 0 Å². The number of hydrogen-bond acceptors (Lipinski definition) is 3. The summed E-state index contributed by atoms with van der Waals surface area (Å²) in [5.41, 5.74) is 1.10. The van der Waals surface area contributed by atoms with Gasteiger partial charge in [0, 0.05) is 0 Å². The van der Waals surface area contributed by atoms with Gasteiger partial charge in [0.15, 0.2) is 8.32 Å². The van der Waals surface area contributed by atoms with Gasteiger partial charge in [-0.25, -0.2) is 0 Å². The van der Waals surface area contributed by atoms with Crippen molar-refractivity contribution in [3.8, 4) is 5.75 Å². The Morgan fingerprint density at radius 2 is 1.67 bits per heavy atom. The highest BCUT2D eigenvalue weighted by molar-refractivity contribution is 6.74. The highest BCUT2D eigenvalue weighted by Crippen LogP contribution is 2.37. The summed E-state index contributed by atoms with van der Waals surface area (Å²) in [4.78, 5) is 11.5. The fourth-order valence-electron chi connectivity index (χ4n) is 1.37. The molecule has 21 heavy (non-hydrogen) atoms. The molecule has 0 fully saturated rings. The molecule has 0 heterocycles. The molecule has 0 amide bonds. The summed E-state index contributed by atoms with van der Waals surface area (Å²) in [6, 6.07) is 7.56. The van der Waals surface area contributed by atoms with Gasteiger partial charge in [0.2, 0.25) is 0 Å². The van der Waals surface area contributed by atoms with E-state index < -0.39 is 8.32 Å². The van der Waals surface area contributed by atoms with E-state index in [9.17, 15) is 4.79 Å². The zero-order chi connectivity index (χ0) is 16.3. The molecular formula is C17H28O3Si. The van der Waals surface area contributed by atoms with Crippen molar-refractivity contribution < 1.29 is 14.0 Å². The first-order chi connectivity index (χ1) is 9.53. The minimum atomic E-state index is -1.73. The minimum absolute atomic E-state index is 0.119. The molecule has 0 radical (unpaired) electrons. The van der Waals surface area contributed by atoms with Crippen LogP contribution < -0.4 is 4.74 Å². The van der Waals surface area contributed by atoms with E-state index in [4.69, 9.17) is 9.16 Å². The van der Waals surface area contributed by atoms with Gasteiger partial charge in [0.05, 0.1) is 12.5 Å². The van der Waals surface area contributed by atoms with Gasteiger partial charge in [0.1, 0.15) is 5.75 Å². The van der Waals surface area contributed by atoms with E-state index in [1.165, 1.54) is 0 Å². The molecule has 0 N–H and O–H groups in total. The van der Waals surface area contributed by atoms with Crippen LogP contribution in [0.25, 0.3) is 0 Å². The van der Waals surface area contributed by atoms with Crippen molar-refractivity contribution >= 4 is 14.3 Å². The van der Waals surface area contributed by atoms with Crippen LogP contribution in [-0.4, -0.2) is 14.3 Å². The number of esters is 1. The molecule has 118 valence electrons. The fourth-order valence-corrected chi connectivity index (χ4v) is 2.33. The summed E-state index contributed by atoms with van der Waals surface area (Å²) in [6.45, 7) is 15.4. The molecule has 4 heteroatoms. The Hall–Kier alpha value is -1.13. The summed E-state index contributed by atoms with van der Waals surface area (Å²) < 4.78 is 11.4. The molecule has 0 saturated carbocycles. The van der Waals surface area contributed by atoms with Crippen molar-refractivity contribution in [2.24, 2.45) is 5.92 Å². The van der Waals surface area contributed by atoms with Crippen LogP contribution in [0.4, 0.5) is 0 Å². The molecule has 0 unspecified atom stereocenters. The molecule has 1 rings (SSSR count). The summed E-state index contributed by atoms with van der Waals surface area (Å²) >= 11 is 0. The third-order valence-electron chi connectivity index (χ3n) is 4.02. The van der Waals surface area contributed by atoms with Crippen molar-refractivity contribution in [3.63, 3.8) is 0 Å². The molecule has 0 aliphatic carbocycles. The van der Waals surface area contributed by atoms with E-state index in [0.29, 0.717) is 12.4 Å². The molecule has 3 nitrogen and oxygen atoms in total.